The topological polar surface area (TPSA) is 56.1 Å². The Hall–Kier alpha value is -0.880. The van der Waals surface area contributed by atoms with Gasteiger partial charge in [-0.05, 0) is 28.8 Å². The summed E-state index contributed by atoms with van der Waals surface area (Å²) in [7, 11) is 1.68. The van der Waals surface area contributed by atoms with Gasteiger partial charge in [0.05, 0.1) is 18.5 Å². The molecule has 0 radical (unpaired) electrons. The van der Waals surface area contributed by atoms with Crippen LogP contribution < -0.4 is 10.9 Å². The molecule has 5 nitrogen and oxygen atoms in total. The Kier molecular flexibility index (Phi) is 7.09. The van der Waals surface area contributed by atoms with Gasteiger partial charge in [-0.2, -0.15) is 5.10 Å². The highest BCUT2D eigenvalue weighted by Gasteiger charge is 2.13. The molecule has 0 amide bonds. The van der Waals surface area contributed by atoms with Crippen molar-refractivity contribution >= 4 is 21.6 Å². The van der Waals surface area contributed by atoms with Crippen molar-refractivity contribution in [2.75, 3.05) is 19.0 Å². The lowest BCUT2D eigenvalue weighted by molar-refractivity contribution is 0.182. The van der Waals surface area contributed by atoms with Gasteiger partial charge in [0.15, 0.2) is 0 Å². The minimum Gasteiger partial charge on any atom is -0.383 e. The van der Waals surface area contributed by atoms with E-state index >= 15 is 0 Å². The van der Waals surface area contributed by atoms with Crippen LogP contribution in [0.1, 0.15) is 33.1 Å². The van der Waals surface area contributed by atoms with E-state index in [2.05, 4.69) is 33.3 Å². The van der Waals surface area contributed by atoms with Gasteiger partial charge in [0, 0.05) is 19.7 Å². The van der Waals surface area contributed by atoms with Gasteiger partial charge < -0.3 is 10.1 Å². The molecule has 0 aliphatic carbocycles. The van der Waals surface area contributed by atoms with Crippen LogP contribution in [-0.4, -0.2) is 29.5 Å². The predicted octanol–water partition coefficient (Wildman–Crippen LogP) is 2.64. The van der Waals surface area contributed by atoms with Crippen molar-refractivity contribution in [2.45, 2.75) is 45.7 Å². The van der Waals surface area contributed by atoms with E-state index in [0.29, 0.717) is 17.6 Å². The molecule has 0 aliphatic heterocycles. The van der Waals surface area contributed by atoms with Crippen molar-refractivity contribution in [3.8, 4) is 0 Å². The molecule has 1 aromatic heterocycles. The standard InChI is InChI=1S/C13H22BrN3O2/c1-4-6-10(9-19-3)16-11-8-15-17(7-5-2)13(18)12(11)14/h8,10,16H,4-7,9H2,1-3H3. The highest BCUT2D eigenvalue weighted by molar-refractivity contribution is 9.10. The van der Waals surface area contributed by atoms with Crippen LogP contribution in [0.25, 0.3) is 0 Å². The Balaban J connectivity index is 2.89. The lowest BCUT2D eigenvalue weighted by Gasteiger charge is -2.19. The molecule has 6 heteroatoms. The lowest BCUT2D eigenvalue weighted by atomic mass is 10.2. The first-order valence-electron chi connectivity index (χ1n) is 6.65. The molecule has 1 unspecified atom stereocenters. The smallest absolute Gasteiger partial charge is 0.283 e. The largest absolute Gasteiger partial charge is 0.383 e. The summed E-state index contributed by atoms with van der Waals surface area (Å²) in [6.07, 6.45) is 4.62. The normalized spacial score (nSPS) is 12.4. The van der Waals surface area contributed by atoms with E-state index in [1.807, 2.05) is 6.92 Å². The van der Waals surface area contributed by atoms with Crippen molar-refractivity contribution in [3.05, 3.63) is 21.0 Å². The van der Waals surface area contributed by atoms with Crippen molar-refractivity contribution in [1.82, 2.24) is 9.78 Å². The zero-order valence-electron chi connectivity index (χ0n) is 11.8. The summed E-state index contributed by atoms with van der Waals surface area (Å²) < 4.78 is 7.19. The molecule has 0 saturated carbocycles. The summed E-state index contributed by atoms with van der Waals surface area (Å²) in [6.45, 7) is 5.38. The minimum absolute atomic E-state index is 0.0977. The monoisotopic (exact) mass is 331 g/mol. The van der Waals surface area contributed by atoms with E-state index in [-0.39, 0.29) is 11.6 Å². The number of hydrogen-bond acceptors (Lipinski definition) is 4. The maximum absolute atomic E-state index is 12.1. The maximum atomic E-state index is 12.1. The van der Waals surface area contributed by atoms with E-state index in [4.69, 9.17) is 4.74 Å². The number of rotatable bonds is 8. The third-order valence-corrected chi connectivity index (χ3v) is 3.55. The molecule has 1 N–H and O–H groups in total. The number of aryl methyl sites for hydroxylation is 1. The molecule has 0 fully saturated rings. The van der Waals surface area contributed by atoms with Gasteiger partial charge >= 0.3 is 0 Å². The number of nitrogens with zero attached hydrogens (tertiary/aromatic N) is 2. The van der Waals surface area contributed by atoms with E-state index in [1.54, 1.807) is 13.3 Å². The fourth-order valence-electron chi connectivity index (χ4n) is 1.90. The highest BCUT2D eigenvalue weighted by Crippen LogP contribution is 2.18. The first kappa shape index (κ1) is 16.2. The third kappa shape index (κ3) is 4.62. The molecule has 1 aromatic rings. The zero-order chi connectivity index (χ0) is 14.3. The molecule has 0 aromatic carbocycles. The Labute approximate surface area is 122 Å². The molecule has 0 saturated heterocycles. The van der Waals surface area contributed by atoms with Crippen LogP contribution in [0.15, 0.2) is 15.5 Å². The SMILES string of the molecule is CCCC(COC)Nc1cnn(CCC)c(=O)c1Br. The first-order chi connectivity index (χ1) is 9.13. The van der Waals surface area contributed by atoms with Crippen LogP contribution in [0.5, 0.6) is 0 Å². The highest BCUT2D eigenvalue weighted by atomic mass is 79.9. The van der Waals surface area contributed by atoms with Gasteiger partial charge in [-0.1, -0.05) is 20.3 Å². The molecule has 108 valence electrons. The van der Waals surface area contributed by atoms with Crippen LogP contribution in [0, 0.1) is 0 Å². The maximum Gasteiger partial charge on any atom is 0.283 e. The van der Waals surface area contributed by atoms with Crippen LogP contribution in [0.2, 0.25) is 0 Å². The number of methoxy groups -OCH3 is 1. The van der Waals surface area contributed by atoms with Gasteiger partial charge in [0.1, 0.15) is 4.47 Å². The Morgan fingerprint density at radius 3 is 2.79 bits per heavy atom. The van der Waals surface area contributed by atoms with Gasteiger partial charge in [0.2, 0.25) is 0 Å². The van der Waals surface area contributed by atoms with Crippen molar-refractivity contribution < 1.29 is 4.74 Å². The van der Waals surface area contributed by atoms with E-state index in [1.165, 1.54) is 4.68 Å². The minimum atomic E-state index is -0.0977. The summed E-state index contributed by atoms with van der Waals surface area (Å²) in [4.78, 5) is 12.1. The van der Waals surface area contributed by atoms with Crippen LogP contribution in [0.4, 0.5) is 5.69 Å². The second-order valence-electron chi connectivity index (χ2n) is 4.49. The van der Waals surface area contributed by atoms with Gasteiger partial charge in [-0.25, -0.2) is 4.68 Å². The number of halogens is 1. The van der Waals surface area contributed by atoms with Gasteiger partial charge in [-0.15, -0.1) is 0 Å². The number of nitrogens with one attached hydrogen (secondary N) is 1. The fourth-order valence-corrected chi connectivity index (χ4v) is 2.33. The summed E-state index contributed by atoms with van der Waals surface area (Å²) in [5.41, 5.74) is 0.632. The van der Waals surface area contributed by atoms with Crippen molar-refractivity contribution in [1.29, 1.82) is 0 Å². The quantitative estimate of drug-likeness (QED) is 0.795. The lowest BCUT2D eigenvalue weighted by Crippen LogP contribution is -2.29. The number of hydrogen-bond donors (Lipinski definition) is 1. The molecule has 0 spiro atoms. The molecule has 1 atom stereocenters. The Morgan fingerprint density at radius 1 is 1.47 bits per heavy atom. The average molecular weight is 332 g/mol. The number of aromatic nitrogens is 2. The van der Waals surface area contributed by atoms with E-state index in [9.17, 15) is 4.79 Å². The number of anilines is 1. The average Bonchev–Trinajstić information content (AvgIpc) is 2.39. The van der Waals surface area contributed by atoms with Gasteiger partial charge in [0.25, 0.3) is 5.56 Å². The van der Waals surface area contributed by atoms with E-state index in [0.717, 1.165) is 24.9 Å². The predicted molar refractivity (Wildman–Crippen MR) is 80.7 cm³/mol. The Morgan fingerprint density at radius 2 is 2.21 bits per heavy atom. The van der Waals surface area contributed by atoms with Crippen LogP contribution >= 0.6 is 15.9 Å². The summed E-state index contributed by atoms with van der Waals surface area (Å²) in [6, 6.07) is 0.189. The van der Waals surface area contributed by atoms with E-state index < -0.39 is 0 Å². The van der Waals surface area contributed by atoms with Crippen LogP contribution in [0.3, 0.4) is 0 Å². The molecular weight excluding hydrogens is 310 g/mol. The molecule has 1 rings (SSSR count). The van der Waals surface area contributed by atoms with Crippen molar-refractivity contribution in [3.63, 3.8) is 0 Å². The second-order valence-corrected chi connectivity index (χ2v) is 5.28. The van der Waals surface area contributed by atoms with Crippen LogP contribution in [-0.2, 0) is 11.3 Å². The summed E-state index contributed by atoms with van der Waals surface area (Å²) in [5.74, 6) is 0. The fraction of sp³-hybridized carbons (Fsp3) is 0.692. The number of ether oxygens (including phenoxy) is 1. The summed E-state index contributed by atoms with van der Waals surface area (Å²) in [5, 5.41) is 7.48. The molecule has 0 aliphatic rings. The first-order valence-corrected chi connectivity index (χ1v) is 7.44. The van der Waals surface area contributed by atoms with Crippen molar-refractivity contribution in [2.24, 2.45) is 0 Å². The molecule has 1 heterocycles. The van der Waals surface area contributed by atoms with Gasteiger partial charge in [-0.3, -0.25) is 4.79 Å². The Bertz CT molecular complexity index is 442. The molecular formula is C13H22BrN3O2. The third-order valence-electron chi connectivity index (χ3n) is 2.78. The second kappa shape index (κ2) is 8.32. The molecule has 0 bridgehead atoms. The molecule has 19 heavy (non-hydrogen) atoms. The summed E-state index contributed by atoms with van der Waals surface area (Å²) >= 11 is 3.36. The zero-order valence-corrected chi connectivity index (χ0v) is 13.4.